The second kappa shape index (κ2) is 5.19. The molecule has 0 radical (unpaired) electrons. The van der Waals surface area contributed by atoms with Crippen molar-refractivity contribution in [3.63, 3.8) is 0 Å². The van der Waals surface area contributed by atoms with Crippen LogP contribution in [-0.4, -0.2) is 44.0 Å². The van der Waals surface area contributed by atoms with Crippen molar-refractivity contribution in [1.29, 1.82) is 5.26 Å². The van der Waals surface area contributed by atoms with E-state index in [1.807, 2.05) is 16.9 Å². The number of benzene rings is 1. The maximum Gasteiger partial charge on any atom is 0.159 e. The molecule has 0 bridgehead atoms. The maximum absolute atomic E-state index is 10.4. The standard InChI is InChI=1S/C23H22N6O/c24-12-23(11-22(23)5-6-22)16-2-1-15-9-27-29(17(15)7-16)20-8-19(25-14-26-20)28-10-18(30)21(13-28)3-4-21/h1-2,7-9,14,18,30H,3-6,10-11,13H2/t18-,23-/m0/s1. The number of aromatic nitrogens is 4. The number of aliphatic hydroxyl groups is 1. The van der Waals surface area contributed by atoms with Crippen LogP contribution < -0.4 is 4.90 Å². The molecule has 1 aromatic carbocycles. The second-order valence-electron chi connectivity index (χ2n) is 9.80. The Hall–Kier alpha value is -2.98. The predicted molar refractivity (Wildman–Crippen MR) is 110 cm³/mol. The molecule has 4 aliphatic rings. The number of hydrogen-bond donors (Lipinski definition) is 1. The van der Waals surface area contributed by atoms with Gasteiger partial charge in [-0.2, -0.15) is 10.4 Å². The highest BCUT2D eigenvalue weighted by Crippen LogP contribution is 2.78. The molecule has 3 aliphatic carbocycles. The summed E-state index contributed by atoms with van der Waals surface area (Å²) in [5, 5.41) is 25.9. The van der Waals surface area contributed by atoms with Gasteiger partial charge in [-0.05, 0) is 49.1 Å². The Kier molecular flexibility index (Phi) is 2.90. The van der Waals surface area contributed by atoms with Crippen LogP contribution in [0.1, 0.15) is 37.7 Å². The van der Waals surface area contributed by atoms with E-state index in [9.17, 15) is 10.4 Å². The molecular formula is C23H22N6O. The Morgan fingerprint density at radius 1 is 1.10 bits per heavy atom. The Labute approximate surface area is 174 Å². The molecule has 3 aromatic rings. The van der Waals surface area contributed by atoms with Gasteiger partial charge in [-0.3, -0.25) is 0 Å². The summed E-state index contributed by atoms with van der Waals surface area (Å²) in [4.78, 5) is 11.1. The highest BCUT2D eigenvalue weighted by molar-refractivity contribution is 5.82. The van der Waals surface area contributed by atoms with E-state index >= 15 is 0 Å². The quantitative estimate of drug-likeness (QED) is 0.730. The zero-order valence-corrected chi connectivity index (χ0v) is 16.6. The summed E-state index contributed by atoms with van der Waals surface area (Å²) in [6, 6.07) is 10.9. The highest BCUT2D eigenvalue weighted by atomic mass is 16.3. The minimum Gasteiger partial charge on any atom is -0.391 e. The summed E-state index contributed by atoms with van der Waals surface area (Å²) in [5.41, 5.74) is 2.06. The summed E-state index contributed by atoms with van der Waals surface area (Å²) >= 11 is 0. The topological polar surface area (TPSA) is 90.9 Å². The van der Waals surface area contributed by atoms with Crippen molar-refractivity contribution >= 4 is 16.7 Å². The van der Waals surface area contributed by atoms with E-state index in [-0.39, 0.29) is 22.3 Å². The monoisotopic (exact) mass is 398 g/mol. The van der Waals surface area contributed by atoms with Crippen LogP contribution >= 0.6 is 0 Å². The minimum absolute atomic E-state index is 0.0764. The summed E-state index contributed by atoms with van der Waals surface area (Å²) in [7, 11) is 0. The van der Waals surface area contributed by atoms with Gasteiger partial charge in [-0.25, -0.2) is 14.6 Å². The lowest BCUT2D eigenvalue weighted by molar-refractivity contribution is 0.136. The number of nitrogens with zero attached hydrogens (tertiary/aromatic N) is 6. The first kappa shape index (κ1) is 16.8. The third-order valence-corrected chi connectivity index (χ3v) is 8.17. The first-order valence-corrected chi connectivity index (χ1v) is 10.7. The van der Waals surface area contributed by atoms with Gasteiger partial charge in [0.25, 0.3) is 0 Å². The van der Waals surface area contributed by atoms with Gasteiger partial charge in [0, 0.05) is 30.0 Å². The molecule has 1 aliphatic heterocycles. The molecule has 1 N–H and O–H groups in total. The van der Waals surface area contributed by atoms with Crippen molar-refractivity contribution in [2.45, 2.75) is 43.6 Å². The molecule has 7 rings (SSSR count). The normalized spacial score (nSPS) is 29.5. The molecule has 1 saturated heterocycles. The highest BCUT2D eigenvalue weighted by Gasteiger charge is 2.75. The van der Waals surface area contributed by atoms with Gasteiger partial charge < -0.3 is 10.0 Å². The maximum atomic E-state index is 10.4. The molecule has 0 unspecified atom stereocenters. The minimum atomic E-state index is -0.322. The van der Waals surface area contributed by atoms with Gasteiger partial charge in [0.2, 0.25) is 0 Å². The molecule has 2 spiro atoms. The second-order valence-corrected chi connectivity index (χ2v) is 9.80. The van der Waals surface area contributed by atoms with E-state index in [4.69, 9.17) is 0 Å². The number of β-amino-alcohol motifs (C(OH)–C–C–N with tert-alkyl or cyclic N) is 1. The van der Waals surface area contributed by atoms with Crippen molar-refractivity contribution in [3.8, 4) is 11.9 Å². The van der Waals surface area contributed by atoms with Crippen LogP contribution in [0.3, 0.4) is 0 Å². The molecule has 3 saturated carbocycles. The lowest BCUT2D eigenvalue weighted by Gasteiger charge is -2.17. The van der Waals surface area contributed by atoms with Crippen LogP contribution in [0, 0.1) is 22.2 Å². The van der Waals surface area contributed by atoms with Crippen molar-refractivity contribution in [2.75, 3.05) is 18.0 Å². The summed E-state index contributed by atoms with van der Waals surface area (Å²) in [6.07, 6.45) is 8.63. The van der Waals surface area contributed by atoms with Gasteiger partial charge >= 0.3 is 0 Å². The summed E-state index contributed by atoms with van der Waals surface area (Å²) in [5.74, 6) is 1.54. The third-order valence-electron chi connectivity index (χ3n) is 8.17. The number of aliphatic hydroxyl groups excluding tert-OH is 1. The number of nitriles is 1. The Morgan fingerprint density at radius 3 is 2.63 bits per heavy atom. The van der Waals surface area contributed by atoms with Crippen molar-refractivity contribution in [3.05, 3.63) is 42.4 Å². The smallest absolute Gasteiger partial charge is 0.159 e. The molecule has 2 atom stereocenters. The number of anilines is 1. The molecule has 2 aromatic heterocycles. The molecular weight excluding hydrogens is 376 g/mol. The average Bonchev–Trinajstić information content (AvgIpc) is 3.72. The molecule has 150 valence electrons. The number of hydrogen-bond acceptors (Lipinski definition) is 6. The van der Waals surface area contributed by atoms with E-state index in [1.165, 1.54) is 0 Å². The van der Waals surface area contributed by atoms with E-state index in [0.717, 1.165) is 60.9 Å². The zero-order chi connectivity index (χ0) is 20.1. The van der Waals surface area contributed by atoms with Crippen LogP contribution in [0.15, 0.2) is 36.8 Å². The average molecular weight is 398 g/mol. The van der Waals surface area contributed by atoms with Crippen LogP contribution in [-0.2, 0) is 5.41 Å². The predicted octanol–water partition coefficient (Wildman–Crippen LogP) is 2.72. The zero-order valence-electron chi connectivity index (χ0n) is 16.6. The van der Waals surface area contributed by atoms with Crippen molar-refractivity contribution < 1.29 is 5.11 Å². The number of fused-ring (bicyclic) bond motifs is 1. The SMILES string of the molecule is N#C[C@]1(c2ccc3cnn(-c4cc(N5C[C@H](O)C6(CC6)C5)ncn4)c3c2)CC12CC2. The van der Waals surface area contributed by atoms with Crippen LogP contribution in [0.5, 0.6) is 0 Å². The van der Waals surface area contributed by atoms with Crippen LogP contribution in [0.4, 0.5) is 5.82 Å². The molecule has 4 fully saturated rings. The Balaban J connectivity index is 1.28. The van der Waals surface area contributed by atoms with Crippen molar-refractivity contribution in [2.24, 2.45) is 10.8 Å². The van der Waals surface area contributed by atoms with Crippen LogP contribution in [0.2, 0.25) is 0 Å². The van der Waals surface area contributed by atoms with Gasteiger partial charge in [0.15, 0.2) is 5.82 Å². The van der Waals surface area contributed by atoms with Gasteiger partial charge in [0.05, 0.1) is 29.3 Å². The first-order chi connectivity index (χ1) is 14.6. The molecule has 7 heteroatoms. The lowest BCUT2D eigenvalue weighted by atomic mass is 9.93. The van der Waals surface area contributed by atoms with E-state index in [0.29, 0.717) is 12.4 Å². The fraction of sp³-hybridized carbons (Fsp3) is 0.478. The fourth-order valence-corrected chi connectivity index (χ4v) is 5.72. The molecule has 3 heterocycles. The summed E-state index contributed by atoms with van der Waals surface area (Å²) in [6.45, 7) is 1.47. The molecule has 7 nitrogen and oxygen atoms in total. The fourth-order valence-electron chi connectivity index (χ4n) is 5.72. The molecule has 0 amide bonds. The Morgan fingerprint density at radius 2 is 1.93 bits per heavy atom. The van der Waals surface area contributed by atoms with Crippen LogP contribution in [0.25, 0.3) is 16.7 Å². The van der Waals surface area contributed by atoms with Crippen molar-refractivity contribution in [1.82, 2.24) is 19.7 Å². The van der Waals surface area contributed by atoms with E-state index < -0.39 is 0 Å². The van der Waals surface area contributed by atoms with Gasteiger partial charge in [0.1, 0.15) is 12.1 Å². The van der Waals surface area contributed by atoms with E-state index in [2.05, 4.69) is 44.2 Å². The largest absolute Gasteiger partial charge is 0.391 e. The molecule has 30 heavy (non-hydrogen) atoms. The third kappa shape index (κ3) is 2.04. The number of rotatable bonds is 3. The Bertz CT molecular complexity index is 1250. The lowest BCUT2D eigenvalue weighted by Crippen LogP contribution is -2.22. The van der Waals surface area contributed by atoms with Gasteiger partial charge in [-0.15, -0.1) is 0 Å². The first-order valence-electron chi connectivity index (χ1n) is 10.7. The van der Waals surface area contributed by atoms with Gasteiger partial charge in [-0.1, -0.05) is 12.1 Å². The van der Waals surface area contributed by atoms with E-state index in [1.54, 1.807) is 6.33 Å². The summed E-state index contributed by atoms with van der Waals surface area (Å²) < 4.78 is 1.84.